The lowest BCUT2D eigenvalue weighted by molar-refractivity contribution is -0.123. The number of carbonyl (C=O) groups excluding carboxylic acids is 1. The molecule has 0 spiro atoms. The minimum atomic E-state index is -0.517. The van der Waals surface area contributed by atoms with Gasteiger partial charge in [0.25, 0.3) is 0 Å². The van der Waals surface area contributed by atoms with Gasteiger partial charge in [0.2, 0.25) is 5.91 Å². The molecule has 0 aromatic rings. The first-order valence-corrected chi connectivity index (χ1v) is 6.60. The molecule has 92 valence electrons. The van der Waals surface area contributed by atoms with Crippen LogP contribution in [0.2, 0.25) is 0 Å². The Hall–Kier alpha value is -0.910. The lowest BCUT2D eigenvalue weighted by atomic mass is 10.0. The Morgan fingerprint density at radius 2 is 2.50 bits per heavy atom. The summed E-state index contributed by atoms with van der Waals surface area (Å²) in [7, 11) is 0. The van der Waals surface area contributed by atoms with Gasteiger partial charge in [-0.05, 0) is 25.0 Å². The van der Waals surface area contributed by atoms with E-state index in [1.165, 1.54) is 12.2 Å². The van der Waals surface area contributed by atoms with Crippen molar-refractivity contribution in [1.29, 1.82) is 0 Å². The summed E-state index contributed by atoms with van der Waals surface area (Å²) in [6, 6.07) is 0. The van der Waals surface area contributed by atoms with E-state index in [1.807, 2.05) is 18.7 Å². The lowest BCUT2D eigenvalue weighted by Gasteiger charge is -2.15. The Morgan fingerprint density at radius 1 is 1.75 bits per heavy atom. The Bertz CT molecular complexity index is 265. The Morgan fingerprint density at radius 3 is 3.00 bits per heavy atom. The van der Waals surface area contributed by atoms with Crippen LogP contribution in [0.5, 0.6) is 0 Å². The molecule has 0 saturated carbocycles. The number of nitrogens with two attached hydrogens (primary N) is 1. The third kappa shape index (κ3) is 3.59. The van der Waals surface area contributed by atoms with Crippen LogP contribution < -0.4 is 11.1 Å². The number of carbonyl (C=O) groups is 1. The van der Waals surface area contributed by atoms with Crippen molar-refractivity contribution in [3.05, 3.63) is 0 Å². The fourth-order valence-corrected chi connectivity index (χ4v) is 2.94. The van der Waals surface area contributed by atoms with Gasteiger partial charge in [0.05, 0.1) is 5.92 Å². The molecule has 0 radical (unpaired) electrons. The predicted octanol–water partition coefficient (Wildman–Crippen LogP) is 0.771. The maximum Gasteiger partial charge on any atom is 0.230 e. The number of rotatable bonds is 5. The topological polar surface area (TPSA) is 87.7 Å². The first-order valence-electron chi connectivity index (χ1n) is 5.55. The van der Waals surface area contributed by atoms with Gasteiger partial charge in [0, 0.05) is 11.8 Å². The van der Waals surface area contributed by atoms with Crippen molar-refractivity contribution >= 4 is 23.5 Å². The number of amides is 1. The maximum absolute atomic E-state index is 11.7. The Balaban J connectivity index is 2.37. The van der Waals surface area contributed by atoms with Gasteiger partial charge >= 0.3 is 0 Å². The maximum atomic E-state index is 11.7. The van der Waals surface area contributed by atoms with Crippen molar-refractivity contribution in [2.24, 2.45) is 16.8 Å². The van der Waals surface area contributed by atoms with E-state index in [-0.39, 0.29) is 11.7 Å². The molecule has 1 fully saturated rings. The normalized spacial score (nSPS) is 23.1. The number of thioether (sulfide) groups is 1. The van der Waals surface area contributed by atoms with Crippen molar-refractivity contribution in [3.8, 4) is 0 Å². The summed E-state index contributed by atoms with van der Waals surface area (Å²) >= 11 is 1.89. The molecule has 1 heterocycles. The number of hydrogen-bond donors (Lipinski definition) is 3. The fraction of sp³-hybridized carbons (Fsp3) is 0.800. The van der Waals surface area contributed by atoms with Gasteiger partial charge < -0.3 is 16.3 Å². The van der Waals surface area contributed by atoms with Crippen LogP contribution in [0.15, 0.2) is 5.16 Å². The lowest BCUT2D eigenvalue weighted by Crippen LogP contribution is -2.40. The smallest absolute Gasteiger partial charge is 0.230 e. The summed E-state index contributed by atoms with van der Waals surface area (Å²) in [5.74, 6) is 0.499. The van der Waals surface area contributed by atoms with Crippen LogP contribution in [-0.2, 0) is 4.79 Å². The molecule has 1 aliphatic rings. The average Bonchev–Trinajstić information content (AvgIpc) is 2.79. The minimum absolute atomic E-state index is 0.0147. The number of amidine groups is 1. The molecular formula is C10H19N3O2S. The third-order valence-corrected chi connectivity index (χ3v) is 4.12. The largest absolute Gasteiger partial charge is 0.409 e. The summed E-state index contributed by atoms with van der Waals surface area (Å²) in [4.78, 5) is 11.7. The van der Waals surface area contributed by atoms with Crippen molar-refractivity contribution < 1.29 is 10.0 Å². The summed E-state index contributed by atoms with van der Waals surface area (Å²) in [6.07, 6.45) is 2.92. The fourth-order valence-electron chi connectivity index (χ4n) is 1.74. The van der Waals surface area contributed by atoms with Gasteiger partial charge in [-0.25, -0.2) is 0 Å². The Kier molecular flexibility index (Phi) is 5.45. The van der Waals surface area contributed by atoms with Gasteiger partial charge in [-0.3, -0.25) is 4.79 Å². The summed E-state index contributed by atoms with van der Waals surface area (Å²) in [6.45, 7) is 2.52. The first kappa shape index (κ1) is 13.2. The molecule has 1 saturated heterocycles. The molecule has 2 unspecified atom stereocenters. The highest BCUT2D eigenvalue weighted by molar-refractivity contribution is 8.00. The van der Waals surface area contributed by atoms with Crippen molar-refractivity contribution in [3.63, 3.8) is 0 Å². The molecular weight excluding hydrogens is 226 g/mol. The van der Waals surface area contributed by atoms with Crippen molar-refractivity contribution in [2.45, 2.75) is 31.4 Å². The second-order valence-electron chi connectivity index (χ2n) is 3.87. The summed E-state index contributed by atoms with van der Waals surface area (Å²) in [5.41, 5.74) is 5.45. The zero-order chi connectivity index (χ0) is 12.0. The molecule has 1 rings (SSSR count). The van der Waals surface area contributed by atoms with Gasteiger partial charge in [-0.15, -0.1) is 0 Å². The van der Waals surface area contributed by atoms with Crippen LogP contribution in [0.3, 0.4) is 0 Å². The van der Waals surface area contributed by atoms with Crippen LogP contribution in [0.25, 0.3) is 0 Å². The first-order chi connectivity index (χ1) is 7.69. The molecule has 5 nitrogen and oxygen atoms in total. The van der Waals surface area contributed by atoms with E-state index in [9.17, 15) is 4.79 Å². The number of hydrogen-bond acceptors (Lipinski definition) is 4. The molecule has 1 amide bonds. The number of nitrogens with one attached hydrogen (secondary N) is 1. The van der Waals surface area contributed by atoms with Crippen molar-refractivity contribution in [2.75, 3.05) is 12.3 Å². The highest BCUT2D eigenvalue weighted by Crippen LogP contribution is 2.25. The zero-order valence-electron chi connectivity index (χ0n) is 9.48. The van der Waals surface area contributed by atoms with Gasteiger partial charge in [-0.2, -0.15) is 11.8 Å². The number of nitrogens with zero attached hydrogens (tertiary/aromatic N) is 1. The van der Waals surface area contributed by atoms with Crippen LogP contribution >= 0.6 is 11.8 Å². The van der Waals surface area contributed by atoms with E-state index in [4.69, 9.17) is 10.9 Å². The van der Waals surface area contributed by atoms with E-state index in [0.717, 1.165) is 6.42 Å². The summed E-state index contributed by atoms with van der Waals surface area (Å²) < 4.78 is 0. The van der Waals surface area contributed by atoms with Crippen molar-refractivity contribution in [1.82, 2.24) is 5.32 Å². The van der Waals surface area contributed by atoms with E-state index in [2.05, 4.69) is 10.5 Å². The standard InChI is InChI=1S/C10H19N3O2S/c1-2-8(9(11)13-15)10(14)12-6-7-4-3-5-16-7/h7-8,15H,2-6H2,1H3,(H2,11,13)(H,12,14). The Labute approximate surface area is 99.8 Å². The second-order valence-corrected chi connectivity index (χ2v) is 5.27. The molecule has 0 aromatic carbocycles. The van der Waals surface area contributed by atoms with E-state index < -0.39 is 5.92 Å². The molecule has 0 aromatic heterocycles. The van der Waals surface area contributed by atoms with Crippen LogP contribution in [-0.4, -0.2) is 34.5 Å². The molecule has 6 heteroatoms. The van der Waals surface area contributed by atoms with Crippen LogP contribution in [0.4, 0.5) is 0 Å². The molecule has 0 bridgehead atoms. The second kappa shape index (κ2) is 6.62. The molecule has 1 aliphatic heterocycles. The van der Waals surface area contributed by atoms with E-state index in [1.54, 1.807) is 0 Å². The minimum Gasteiger partial charge on any atom is -0.409 e. The number of oxime groups is 1. The van der Waals surface area contributed by atoms with Crippen LogP contribution in [0, 0.1) is 5.92 Å². The SMILES string of the molecule is CCC(C(=O)NCC1CCCS1)C(N)=NO. The van der Waals surface area contributed by atoms with E-state index >= 15 is 0 Å². The molecule has 0 aliphatic carbocycles. The molecule has 4 N–H and O–H groups in total. The molecule has 2 atom stereocenters. The highest BCUT2D eigenvalue weighted by Gasteiger charge is 2.23. The predicted molar refractivity (Wildman–Crippen MR) is 65.7 cm³/mol. The molecule has 16 heavy (non-hydrogen) atoms. The monoisotopic (exact) mass is 245 g/mol. The van der Waals surface area contributed by atoms with E-state index in [0.29, 0.717) is 18.2 Å². The van der Waals surface area contributed by atoms with Gasteiger partial charge in [0.15, 0.2) is 5.84 Å². The van der Waals surface area contributed by atoms with Gasteiger partial charge in [0.1, 0.15) is 0 Å². The van der Waals surface area contributed by atoms with Crippen LogP contribution in [0.1, 0.15) is 26.2 Å². The zero-order valence-corrected chi connectivity index (χ0v) is 10.3. The highest BCUT2D eigenvalue weighted by atomic mass is 32.2. The quantitative estimate of drug-likeness (QED) is 0.289. The average molecular weight is 245 g/mol. The third-order valence-electron chi connectivity index (χ3n) is 2.73. The summed E-state index contributed by atoms with van der Waals surface area (Å²) in [5, 5.41) is 14.8. The van der Waals surface area contributed by atoms with Gasteiger partial charge in [-0.1, -0.05) is 12.1 Å².